The molecule has 0 bridgehead atoms. The van der Waals surface area contributed by atoms with E-state index in [1.165, 1.54) is 180 Å². The van der Waals surface area contributed by atoms with E-state index in [0.717, 1.165) is 96.3 Å². The van der Waals surface area contributed by atoms with E-state index in [4.69, 9.17) is 0 Å². The lowest BCUT2D eigenvalue weighted by Crippen LogP contribution is -2.45. The van der Waals surface area contributed by atoms with Gasteiger partial charge in [-0.1, -0.05) is 314 Å². The molecule has 2 unspecified atom stereocenters. The summed E-state index contributed by atoms with van der Waals surface area (Å²) < 4.78 is 0. The van der Waals surface area contributed by atoms with Crippen LogP contribution in [0.4, 0.5) is 0 Å². The molecule has 0 aromatic heterocycles. The largest absolute Gasteiger partial charge is 0.394 e. The maximum Gasteiger partial charge on any atom is 0.220 e. The van der Waals surface area contributed by atoms with Crippen molar-refractivity contribution in [1.29, 1.82) is 0 Å². The third-order valence-corrected chi connectivity index (χ3v) is 14.1. The fourth-order valence-corrected chi connectivity index (χ4v) is 9.23. The Morgan fingerprint density at radius 1 is 0.329 bits per heavy atom. The molecule has 4 nitrogen and oxygen atoms in total. The van der Waals surface area contributed by atoms with E-state index in [1.807, 2.05) is 6.08 Å². The standard InChI is InChI=1S/C72H123NO3/c1-3-5-7-9-11-13-15-17-19-21-23-25-27-29-31-33-34-35-36-37-38-40-42-44-46-48-50-52-54-56-58-60-62-64-66-68-72(76)73-70(69-74)71(75)67-65-63-61-59-57-55-53-51-49-47-45-43-41-39-32-30-28-26-24-22-20-18-16-14-12-10-8-6-4-2/h5,7,11,13,17,19,23,25,29,31,34-35,37-38,42,44,49,51,57,59,65,67,70-71,74-75H,3-4,6,8-10,12,14-16,18,20-22,24,26-28,30,32-33,36,39-41,43,45-48,50,52-56,58,60-64,66,68-69H2,1-2H3,(H,73,76)/b7-5-,13-11-,19-17-,25-23-,31-29-,35-34-,38-37-,44-42-,51-49+,59-57+,67-65+. The fourth-order valence-electron chi connectivity index (χ4n) is 9.23. The molecule has 0 saturated carbocycles. The molecule has 0 aromatic carbocycles. The summed E-state index contributed by atoms with van der Waals surface area (Å²) in [5.41, 5.74) is 0. The van der Waals surface area contributed by atoms with Crippen molar-refractivity contribution in [3.63, 3.8) is 0 Å². The van der Waals surface area contributed by atoms with E-state index in [0.29, 0.717) is 6.42 Å². The van der Waals surface area contributed by atoms with Crippen molar-refractivity contribution in [3.8, 4) is 0 Å². The number of carbonyl (C=O) groups is 1. The topological polar surface area (TPSA) is 69.6 Å². The van der Waals surface area contributed by atoms with Crippen LogP contribution < -0.4 is 5.32 Å². The third-order valence-electron chi connectivity index (χ3n) is 14.1. The summed E-state index contributed by atoms with van der Waals surface area (Å²) in [4.78, 5) is 12.5. The minimum absolute atomic E-state index is 0.0859. The van der Waals surface area contributed by atoms with Crippen LogP contribution in [0.3, 0.4) is 0 Å². The molecule has 434 valence electrons. The Hall–Kier alpha value is -3.47. The number of amides is 1. The van der Waals surface area contributed by atoms with E-state index in [-0.39, 0.29) is 12.5 Å². The predicted octanol–water partition coefficient (Wildman–Crippen LogP) is 22.1. The van der Waals surface area contributed by atoms with Gasteiger partial charge in [0.15, 0.2) is 0 Å². The van der Waals surface area contributed by atoms with Gasteiger partial charge in [0.25, 0.3) is 0 Å². The normalized spacial score (nSPS) is 13.7. The Balaban J connectivity index is 3.61. The molecule has 1 amide bonds. The van der Waals surface area contributed by atoms with Gasteiger partial charge in [0.2, 0.25) is 5.91 Å². The summed E-state index contributed by atoms with van der Waals surface area (Å²) in [6, 6.07) is -0.659. The van der Waals surface area contributed by atoms with E-state index >= 15 is 0 Å². The lowest BCUT2D eigenvalue weighted by atomic mass is 10.0. The number of allylic oxidation sites excluding steroid dienone is 21. The molecule has 0 aliphatic heterocycles. The number of rotatable bonds is 58. The van der Waals surface area contributed by atoms with E-state index in [1.54, 1.807) is 6.08 Å². The molecule has 3 N–H and O–H groups in total. The highest BCUT2D eigenvalue weighted by molar-refractivity contribution is 5.76. The SMILES string of the molecule is CC/C=C\C/C=C\C/C=C\C/C=C\C/C=C\C/C=C\C/C=C\C/C=C\CCCCCCCCCCCCC(=O)NC(CO)C(O)/C=C/CC/C=C/CC/C=C/CCCCCCCCCCCCCCCCCCCCC. The van der Waals surface area contributed by atoms with Gasteiger partial charge in [-0.05, 0) is 109 Å². The Morgan fingerprint density at radius 3 is 0.921 bits per heavy atom. The molecule has 0 rings (SSSR count). The Kier molecular flexibility index (Phi) is 62.8. The van der Waals surface area contributed by atoms with Crippen LogP contribution >= 0.6 is 0 Å². The first-order valence-electron chi connectivity index (χ1n) is 32.4. The van der Waals surface area contributed by atoms with Crippen LogP contribution in [0.25, 0.3) is 0 Å². The van der Waals surface area contributed by atoms with Crippen LogP contribution in [0.5, 0.6) is 0 Å². The van der Waals surface area contributed by atoms with Crippen molar-refractivity contribution in [2.24, 2.45) is 0 Å². The van der Waals surface area contributed by atoms with Gasteiger partial charge >= 0.3 is 0 Å². The summed E-state index contributed by atoms with van der Waals surface area (Å²) >= 11 is 0. The van der Waals surface area contributed by atoms with Crippen LogP contribution in [-0.4, -0.2) is 34.9 Å². The molecule has 0 radical (unpaired) electrons. The predicted molar refractivity (Wildman–Crippen MR) is 340 cm³/mol. The van der Waals surface area contributed by atoms with E-state index in [9.17, 15) is 15.0 Å². The highest BCUT2D eigenvalue weighted by Crippen LogP contribution is 2.16. The van der Waals surface area contributed by atoms with Crippen LogP contribution in [0.1, 0.15) is 296 Å². The third kappa shape index (κ3) is 61.4. The van der Waals surface area contributed by atoms with Crippen LogP contribution in [0.2, 0.25) is 0 Å². The van der Waals surface area contributed by atoms with Gasteiger partial charge in [0.1, 0.15) is 0 Å². The van der Waals surface area contributed by atoms with Crippen LogP contribution in [-0.2, 0) is 4.79 Å². The minimum atomic E-state index is -0.883. The Morgan fingerprint density at radius 2 is 0.592 bits per heavy atom. The highest BCUT2D eigenvalue weighted by Gasteiger charge is 2.18. The van der Waals surface area contributed by atoms with Crippen molar-refractivity contribution < 1.29 is 15.0 Å². The zero-order chi connectivity index (χ0) is 54.8. The molecule has 2 atom stereocenters. The van der Waals surface area contributed by atoms with Crippen LogP contribution in [0.15, 0.2) is 134 Å². The number of nitrogens with one attached hydrogen (secondary N) is 1. The molecular formula is C72H123NO3. The van der Waals surface area contributed by atoms with Crippen molar-refractivity contribution in [3.05, 3.63) is 134 Å². The number of hydrogen-bond acceptors (Lipinski definition) is 3. The second-order valence-corrected chi connectivity index (χ2v) is 21.4. The maximum absolute atomic E-state index is 12.5. The summed E-state index contributed by atoms with van der Waals surface area (Å²) in [6.45, 7) is 4.19. The molecule has 0 heterocycles. The van der Waals surface area contributed by atoms with Crippen molar-refractivity contribution in [2.45, 2.75) is 309 Å². The molecule has 76 heavy (non-hydrogen) atoms. The summed E-state index contributed by atoms with van der Waals surface area (Å²) in [5, 5.41) is 23.2. The van der Waals surface area contributed by atoms with Gasteiger partial charge < -0.3 is 15.5 Å². The Bertz CT molecular complexity index is 1520. The zero-order valence-corrected chi connectivity index (χ0v) is 50.0. The second kappa shape index (κ2) is 65.8. The van der Waals surface area contributed by atoms with Gasteiger partial charge in [-0.2, -0.15) is 0 Å². The van der Waals surface area contributed by atoms with Gasteiger partial charge in [-0.3, -0.25) is 4.79 Å². The van der Waals surface area contributed by atoms with Gasteiger partial charge in [0, 0.05) is 6.42 Å². The number of carbonyl (C=O) groups excluding carboxylic acids is 1. The molecule has 0 aliphatic rings. The van der Waals surface area contributed by atoms with Gasteiger partial charge in [-0.15, -0.1) is 0 Å². The van der Waals surface area contributed by atoms with Crippen molar-refractivity contribution >= 4 is 5.91 Å². The van der Waals surface area contributed by atoms with E-state index in [2.05, 4.69) is 141 Å². The smallest absolute Gasteiger partial charge is 0.220 e. The number of aliphatic hydroxyl groups excluding tert-OH is 2. The monoisotopic (exact) mass is 1050 g/mol. The van der Waals surface area contributed by atoms with Crippen LogP contribution in [0, 0.1) is 0 Å². The zero-order valence-electron chi connectivity index (χ0n) is 50.0. The number of unbranched alkanes of at least 4 members (excludes halogenated alkanes) is 31. The Labute approximate surface area is 472 Å². The summed E-state index contributed by atoms with van der Waals surface area (Å²) in [7, 11) is 0. The quantitative estimate of drug-likeness (QED) is 0.0420. The summed E-state index contributed by atoms with van der Waals surface area (Å²) in [6.07, 6.45) is 102. The number of aliphatic hydroxyl groups is 2. The fraction of sp³-hybridized carbons (Fsp3) is 0.681. The van der Waals surface area contributed by atoms with Gasteiger partial charge in [-0.25, -0.2) is 0 Å². The number of hydrogen-bond donors (Lipinski definition) is 3. The molecular weight excluding hydrogens is 927 g/mol. The van der Waals surface area contributed by atoms with E-state index < -0.39 is 12.1 Å². The summed E-state index contributed by atoms with van der Waals surface area (Å²) in [5.74, 6) is -0.0859. The maximum atomic E-state index is 12.5. The van der Waals surface area contributed by atoms with Crippen molar-refractivity contribution in [1.82, 2.24) is 5.32 Å². The molecule has 0 aliphatic carbocycles. The first kappa shape index (κ1) is 72.5. The second-order valence-electron chi connectivity index (χ2n) is 21.4. The molecule has 0 spiro atoms. The lowest BCUT2D eigenvalue weighted by molar-refractivity contribution is -0.123. The molecule has 0 fully saturated rings. The first-order valence-corrected chi connectivity index (χ1v) is 32.4. The first-order chi connectivity index (χ1) is 37.7. The van der Waals surface area contributed by atoms with Crippen molar-refractivity contribution in [2.75, 3.05) is 6.61 Å². The van der Waals surface area contributed by atoms with Gasteiger partial charge in [0.05, 0.1) is 18.8 Å². The molecule has 4 heteroatoms. The molecule has 0 aromatic rings. The highest BCUT2D eigenvalue weighted by atomic mass is 16.3. The minimum Gasteiger partial charge on any atom is -0.394 e. The lowest BCUT2D eigenvalue weighted by Gasteiger charge is -2.19. The average molecular weight is 1050 g/mol. The molecule has 0 saturated heterocycles. The average Bonchev–Trinajstić information content (AvgIpc) is 3.42.